The maximum Gasteiger partial charge on any atom is 0.255 e. The molecule has 0 saturated carbocycles. The minimum Gasteiger partial charge on any atom is -0.398 e. The summed E-state index contributed by atoms with van der Waals surface area (Å²) in [7, 11) is 0. The van der Waals surface area contributed by atoms with Gasteiger partial charge in [0.05, 0.1) is 10.0 Å². The van der Waals surface area contributed by atoms with Crippen molar-refractivity contribution >= 4 is 27.5 Å². The lowest BCUT2D eigenvalue weighted by atomic mass is 10.1. The number of carbonyl (C=O) groups excluding carboxylic acids is 1. The Labute approximate surface area is 136 Å². The van der Waals surface area contributed by atoms with Gasteiger partial charge in [0.2, 0.25) is 0 Å². The molecule has 1 aromatic rings. The van der Waals surface area contributed by atoms with E-state index < -0.39 is 0 Å². The van der Waals surface area contributed by atoms with E-state index in [1.165, 1.54) is 0 Å². The van der Waals surface area contributed by atoms with Crippen molar-refractivity contribution in [3.05, 3.63) is 28.2 Å². The van der Waals surface area contributed by atoms with Crippen LogP contribution in [0.1, 0.15) is 37.6 Å². The molecule has 0 unspecified atom stereocenters. The zero-order valence-electron chi connectivity index (χ0n) is 13.2. The van der Waals surface area contributed by atoms with Crippen LogP contribution in [-0.2, 0) is 0 Å². The van der Waals surface area contributed by atoms with Gasteiger partial charge >= 0.3 is 0 Å². The molecular weight excluding hydrogens is 330 g/mol. The van der Waals surface area contributed by atoms with Crippen LogP contribution in [0.2, 0.25) is 0 Å². The lowest BCUT2D eigenvalue weighted by Crippen LogP contribution is -2.34. The second-order valence-corrected chi connectivity index (χ2v) is 5.77. The van der Waals surface area contributed by atoms with Gasteiger partial charge in [-0.25, -0.2) is 0 Å². The molecule has 5 heteroatoms. The Morgan fingerprint density at radius 3 is 2.38 bits per heavy atom. The molecule has 4 nitrogen and oxygen atoms in total. The predicted octanol–water partition coefficient (Wildman–Crippen LogP) is 3.23. The van der Waals surface area contributed by atoms with Gasteiger partial charge in [0.25, 0.3) is 5.91 Å². The first-order chi connectivity index (χ1) is 10.0. The SMILES string of the molecule is CCN(CC)CCCN(CC)C(=O)c1cccc(N)c1Br. The van der Waals surface area contributed by atoms with E-state index in [4.69, 9.17) is 5.73 Å². The topological polar surface area (TPSA) is 49.6 Å². The molecule has 21 heavy (non-hydrogen) atoms. The Hall–Kier alpha value is -1.07. The van der Waals surface area contributed by atoms with E-state index in [2.05, 4.69) is 34.7 Å². The standard InChI is InChI=1S/C16H26BrN3O/c1-4-19(5-2)11-8-12-20(6-3)16(21)13-9-7-10-14(18)15(13)17/h7,9-10H,4-6,8,11-12,18H2,1-3H3. The number of amides is 1. The number of anilines is 1. The van der Waals surface area contributed by atoms with Crippen LogP contribution in [0.4, 0.5) is 5.69 Å². The van der Waals surface area contributed by atoms with Gasteiger partial charge in [0.15, 0.2) is 0 Å². The Morgan fingerprint density at radius 1 is 1.14 bits per heavy atom. The van der Waals surface area contributed by atoms with Crippen LogP contribution < -0.4 is 5.73 Å². The third kappa shape index (κ3) is 5.00. The first kappa shape index (κ1) is 18.0. The molecule has 0 fully saturated rings. The van der Waals surface area contributed by atoms with Crippen molar-refractivity contribution in [2.45, 2.75) is 27.2 Å². The summed E-state index contributed by atoms with van der Waals surface area (Å²) in [6, 6.07) is 5.42. The molecule has 0 aliphatic carbocycles. The molecule has 0 aliphatic rings. The highest BCUT2D eigenvalue weighted by molar-refractivity contribution is 9.10. The van der Waals surface area contributed by atoms with Gasteiger partial charge in [-0.2, -0.15) is 0 Å². The van der Waals surface area contributed by atoms with Gasteiger partial charge < -0.3 is 15.5 Å². The smallest absolute Gasteiger partial charge is 0.255 e. The highest BCUT2D eigenvalue weighted by Crippen LogP contribution is 2.25. The average molecular weight is 356 g/mol. The van der Waals surface area contributed by atoms with Crippen LogP contribution in [0, 0.1) is 0 Å². The number of nitrogens with zero attached hydrogens (tertiary/aromatic N) is 2. The molecular formula is C16H26BrN3O. The third-order valence-electron chi connectivity index (χ3n) is 3.72. The maximum atomic E-state index is 12.6. The fraction of sp³-hybridized carbons (Fsp3) is 0.562. The van der Waals surface area contributed by atoms with Crippen LogP contribution >= 0.6 is 15.9 Å². The molecule has 0 heterocycles. The van der Waals surface area contributed by atoms with Gasteiger partial charge in [0.1, 0.15) is 0 Å². The second-order valence-electron chi connectivity index (χ2n) is 4.97. The molecule has 1 aromatic carbocycles. The van der Waals surface area contributed by atoms with E-state index in [0.29, 0.717) is 22.3 Å². The molecule has 0 aliphatic heterocycles. The van der Waals surface area contributed by atoms with Crippen molar-refractivity contribution in [3.63, 3.8) is 0 Å². The molecule has 0 saturated heterocycles. The van der Waals surface area contributed by atoms with Crippen LogP contribution in [0.15, 0.2) is 22.7 Å². The lowest BCUT2D eigenvalue weighted by molar-refractivity contribution is 0.0756. The Balaban J connectivity index is 2.67. The fourth-order valence-corrected chi connectivity index (χ4v) is 2.75. The zero-order valence-corrected chi connectivity index (χ0v) is 14.8. The summed E-state index contributed by atoms with van der Waals surface area (Å²) >= 11 is 3.41. The highest BCUT2D eigenvalue weighted by atomic mass is 79.9. The summed E-state index contributed by atoms with van der Waals surface area (Å²) in [4.78, 5) is 16.8. The summed E-state index contributed by atoms with van der Waals surface area (Å²) in [6.07, 6.45) is 0.987. The molecule has 2 N–H and O–H groups in total. The molecule has 0 aromatic heterocycles. The number of rotatable bonds is 8. The summed E-state index contributed by atoms with van der Waals surface area (Å²) in [6.45, 7) is 10.9. The highest BCUT2D eigenvalue weighted by Gasteiger charge is 2.17. The molecule has 0 bridgehead atoms. The zero-order chi connectivity index (χ0) is 15.8. The van der Waals surface area contributed by atoms with Crippen LogP contribution in [0.3, 0.4) is 0 Å². The summed E-state index contributed by atoms with van der Waals surface area (Å²) in [5.74, 6) is 0.0382. The molecule has 1 amide bonds. The van der Waals surface area contributed by atoms with E-state index in [9.17, 15) is 4.79 Å². The lowest BCUT2D eigenvalue weighted by Gasteiger charge is -2.24. The van der Waals surface area contributed by atoms with Crippen LogP contribution in [0.5, 0.6) is 0 Å². The second kappa shape index (κ2) is 9.05. The molecule has 118 valence electrons. The number of hydrogen-bond acceptors (Lipinski definition) is 3. The van der Waals surface area contributed by atoms with Crippen LogP contribution in [0.25, 0.3) is 0 Å². The Kier molecular flexibility index (Phi) is 7.75. The van der Waals surface area contributed by atoms with Crippen molar-refractivity contribution in [3.8, 4) is 0 Å². The monoisotopic (exact) mass is 355 g/mol. The number of benzene rings is 1. The van der Waals surface area contributed by atoms with E-state index in [1.807, 2.05) is 24.0 Å². The molecule has 0 atom stereocenters. The van der Waals surface area contributed by atoms with E-state index in [0.717, 1.165) is 32.6 Å². The predicted molar refractivity (Wildman–Crippen MR) is 92.5 cm³/mol. The van der Waals surface area contributed by atoms with Crippen molar-refractivity contribution < 1.29 is 4.79 Å². The van der Waals surface area contributed by atoms with Crippen molar-refractivity contribution in [1.82, 2.24) is 9.80 Å². The average Bonchev–Trinajstić information content (AvgIpc) is 2.50. The molecule has 0 radical (unpaired) electrons. The van der Waals surface area contributed by atoms with Gasteiger partial charge in [-0.15, -0.1) is 0 Å². The first-order valence-electron chi connectivity index (χ1n) is 7.60. The largest absolute Gasteiger partial charge is 0.398 e. The summed E-state index contributed by atoms with van der Waals surface area (Å²) in [5.41, 5.74) is 7.09. The Bertz CT molecular complexity index is 461. The normalized spacial score (nSPS) is 10.9. The number of hydrogen-bond donors (Lipinski definition) is 1. The fourth-order valence-electron chi connectivity index (χ4n) is 2.31. The van der Waals surface area contributed by atoms with E-state index in [-0.39, 0.29) is 5.91 Å². The first-order valence-corrected chi connectivity index (χ1v) is 8.39. The van der Waals surface area contributed by atoms with Crippen molar-refractivity contribution in [1.29, 1.82) is 0 Å². The molecule has 0 spiro atoms. The van der Waals surface area contributed by atoms with Gasteiger partial charge in [-0.05, 0) is 61.0 Å². The van der Waals surface area contributed by atoms with Gasteiger partial charge in [0, 0.05) is 18.8 Å². The van der Waals surface area contributed by atoms with E-state index in [1.54, 1.807) is 6.07 Å². The summed E-state index contributed by atoms with van der Waals surface area (Å²) < 4.78 is 0.692. The van der Waals surface area contributed by atoms with Crippen LogP contribution in [-0.4, -0.2) is 48.4 Å². The quantitative estimate of drug-likeness (QED) is 0.728. The van der Waals surface area contributed by atoms with Gasteiger partial charge in [-0.1, -0.05) is 19.9 Å². The number of nitrogen functional groups attached to an aromatic ring is 1. The number of carbonyl (C=O) groups is 1. The van der Waals surface area contributed by atoms with Gasteiger partial charge in [-0.3, -0.25) is 4.79 Å². The van der Waals surface area contributed by atoms with Crippen molar-refractivity contribution in [2.75, 3.05) is 38.5 Å². The minimum absolute atomic E-state index is 0.0382. The van der Waals surface area contributed by atoms with E-state index >= 15 is 0 Å². The summed E-state index contributed by atoms with van der Waals surface area (Å²) in [5, 5.41) is 0. The third-order valence-corrected chi connectivity index (χ3v) is 4.61. The molecule has 1 rings (SSSR count). The maximum absolute atomic E-state index is 12.6. The minimum atomic E-state index is 0.0382. The Morgan fingerprint density at radius 2 is 1.81 bits per heavy atom. The number of halogens is 1. The van der Waals surface area contributed by atoms with Crippen molar-refractivity contribution in [2.24, 2.45) is 0 Å². The number of nitrogens with two attached hydrogens (primary N) is 1.